The summed E-state index contributed by atoms with van der Waals surface area (Å²) in [4.78, 5) is 0. The van der Waals surface area contributed by atoms with Crippen molar-refractivity contribution in [1.29, 1.82) is 0 Å². The van der Waals surface area contributed by atoms with Gasteiger partial charge in [-0.1, -0.05) is 70.4 Å². The molecule has 0 radical (unpaired) electrons. The lowest BCUT2D eigenvalue weighted by Gasteiger charge is -2.24. The van der Waals surface area contributed by atoms with E-state index in [1.807, 2.05) is 0 Å². The predicted molar refractivity (Wildman–Crippen MR) is 111 cm³/mol. The molecule has 0 unspecified atom stereocenters. The molecule has 24 heavy (non-hydrogen) atoms. The molecule has 2 saturated carbocycles. The SMILES string of the molecule is Brc1cc(C2CCCCC2)cc2c(Br)cc(C3CCCCC3)cc12. The van der Waals surface area contributed by atoms with E-state index in [0.29, 0.717) is 0 Å². The van der Waals surface area contributed by atoms with Gasteiger partial charge in [0.1, 0.15) is 0 Å². The maximum absolute atomic E-state index is 3.89. The first kappa shape index (κ1) is 17.1. The van der Waals surface area contributed by atoms with E-state index in [1.54, 1.807) is 0 Å². The lowest BCUT2D eigenvalue weighted by atomic mass is 9.82. The summed E-state index contributed by atoms with van der Waals surface area (Å²) in [6, 6.07) is 9.69. The number of hydrogen-bond donors (Lipinski definition) is 0. The fraction of sp³-hybridized carbons (Fsp3) is 0.545. The highest BCUT2D eigenvalue weighted by atomic mass is 79.9. The first-order chi connectivity index (χ1) is 11.7. The Morgan fingerprint density at radius 1 is 0.542 bits per heavy atom. The average Bonchev–Trinajstić information content (AvgIpc) is 2.63. The van der Waals surface area contributed by atoms with Crippen LogP contribution in [0.5, 0.6) is 0 Å². The van der Waals surface area contributed by atoms with Crippen LogP contribution >= 0.6 is 31.9 Å². The molecule has 0 spiro atoms. The summed E-state index contributed by atoms with van der Waals surface area (Å²) in [5.41, 5.74) is 3.06. The van der Waals surface area contributed by atoms with Crippen molar-refractivity contribution in [2.24, 2.45) is 0 Å². The summed E-state index contributed by atoms with van der Waals surface area (Å²) >= 11 is 7.77. The highest BCUT2D eigenvalue weighted by Crippen LogP contribution is 2.41. The largest absolute Gasteiger partial charge is 0.0533 e. The topological polar surface area (TPSA) is 0 Å². The van der Waals surface area contributed by atoms with Crippen LogP contribution in [0.3, 0.4) is 0 Å². The molecule has 0 aromatic heterocycles. The fourth-order valence-electron chi connectivity index (χ4n) is 4.76. The average molecular weight is 450 g/mol. The van der Waals surface area contributed by atoms with Gasteiger partial charge in [-0.15, -0.1) is 0 Å². The number of halogens is 2. The van der Waals surface area contributed by atoms with Crippen molar-refractivity contribution in [1.82, 2.24) is 0 Å². The van der Waals surface area contributed by atoms with Crippen LogP contribution in [0.25, 0.3) is 10.8 Å². The smallest absolute Gasteiger partial charge is 0.0257 e. The van der Waals surface area contributed by atoms with Gasteiger partial charge in [-0.05, 0) is 83.7 Å². The molecule has 2 heteroatoms. The second-order valence-electron chi connectivity index (χ2n) is 7.77. The monoisotopic (exact) mass is 448 g/mol. The zero-order valence-electron chi connectivity index (χ0n) is 14.3. The summed E-state index contributed by atoms with van der Waals surface area (Å²) in [7, 11) is 0. The van der Waals surface area contributed by atoms with E-state index in [9.17, 15) is 0 Å². The molecular weight excluding hydrogens is 424 g/mol. The molecule has 128 valence electrons. The quantitative estimate of drug-likeness (QED) is 0.431. The third kappa shape index (κ3) is 3.46. The van der Waals surface area contributed by atoms with Crippen LogP contribution in [0.15, 0.2) is 33.2 Å². The fourth-order valence-corrected chi connectivity index (χ4v) is 5.94. The molecule has 2 aromatic rings. The van der Waals surface area contributed by atoms with E-state index in [4.69, 9.17) is 0 Å². The third-order valence-electron chi connectivity index (χ3n) is 6.17. The summed E-state index contributed by atoms with van der Waals surface area (Å²) in [5.74, 6) is 1.51. The highest BCUT2D eigenvalue weighted by molar-refractivity contribution is 9.11. The molecule has 0 nitrogen and oxygen atoms in total. The molecule has 4 rings (SSSR count). The number of hydrogen-bond acceptors (Lipinski definition) is 0. The van der Waals surface area contributed by atoms with Crippen molar-refractivity contribution in [3.63, 3.8) is 0 Å². The van der Waals surface area contributed by atoms with Gasteiger partial charge in [0.25, 0.3) is 0 Å². The number of rotatable bonds is 2. The Morgan fingerprint density at radius 2 is 0.917 bits per heavy atom. The second-order valence-corrected chi connectivity index (χ2v) is 9.48. The van der Waals surface area contributed by atoms with E-state index in [2.05, 4.69) is 56.1 Å². The summed E-state index contributed by atoms with van der Waals surface area (Å²) < 4.78 is 2.55. The standard InChI is InChI=1S/C22H26Br2/c23-21-13-17(15-7-3-1-4-8-15)11-19-20(21)12-18(14-22(19)24)16-9-5-2-6-10-16/h11-16H,1-10H2. The first-order valence-corrected chi connectivity index (χ1v) is 11.2. The van der Waals surface area contributed by atoms with Gasteiger partial charge in [-0.2, -0.15) is 0 Å². The Bertz CT molecular complexity index is 659. The Morgan fingerprint density at radius 3 is 1.29 bits per heavy atom. The maximum atomic E-state index is 3.89. The van der Waals surface area contributed by atoms with E-state index in [1.165, 1.54) is 95.1 Å². The van der Waals surface area contributed by atoms with Crippen LogP contribution in [0.4, 0.5) is 0 Å². The molecule has 0 bridgehead atoms. The Kier molecular flexibility index (Phi) is 5.34. The van der Waals surface area contributed by atoms with Gasteiger partial charge in [-0.3, -0.25) is 0 Å². The highest BCUT2D eigenvalue weighted by Gasteiger charge is 2.20. The van der Waals surface area contributed by atoms with Crippen LogP contribution in [0.2, 0.25) is 0 Å². The Labute approximate surface area is 162 Å². The molecule has 2 aromatic carbocycles. The second kappa shape index (κ2) is 7.50. The van der Waals surface area contributed by atoms with Gasteiger partial charge in [0, 0.05) is 8.95 Å². The van der Waals surface area contributed by atoms with E-state index < -0.39 is 0 Å². The minimum atomic E-state index is 0.754. The van der Waals surface area contributed by atoms with Crippen molar-refractivity contribution >= 4 is 42.6 Å². The predicted octanol–water partition coefficient (Wildman–Crippen LogP) is 8.46. The van der Waals surface area contributed by atoms with E-state index >= 15 is 0 Å². The third-order valence-corrected chi connectivity index (χ3v) is 7.48. The van der Waals surface area contributed by atoms with Gasteiger partial charge >= 0.3 is 0 Å². The lowest BCUT2D eigenvalue weighted by Crippen LogP contribution is -2.06. The number of benzene rings is 2. The van der Waals surface area contributed by atoms with Crippen LogP contribution < -0.4 is 0 Å². The number of fused-ring (bicyclic) bond motifs is 1. The van der Waals surface area contributed by atoms with Gasteiger partial charge in [0.2, 0.25) is 0 Å². The van der Waals surface area contributed by atoms with Crippen LogP contribution in [-0.4, -0.2) is 0 Å². The summed E-state index contributed by atoms with van der Waals surface area (Å²) in [6.07, 6.45) is 13.8. The van der Waals surface area contributed by atoms with Crippen molar-refractivity contribution < 1.29 is 0 Å². The molecule has 2 fully saturated rings. The van der Waals surface area contributed by atoms with Gasteiger partial charge < -0.3 is 0 Å². The zero-order chi connectivity index (χ0) is 16.5. The first-order valence-electron chi connectivity index (χ1n) is 9.65. The van der Waals surface area contributed by atoms with Crippen molar-refractivity contribution in [2.45, 2.75) is 76.0 Å². The van der Waals surface area contributed by atoms with Crippen molar-refractivity contribution in [3.05, 3.63) is 44.3 Å². The molecule has 0 N–H and O–H groups in total. The van der Waals surface area contributed by atoms with E-state index in [-0.39, 0.29) is 0 Å². The van der Waals surface area contributed by atoms with Crippen LogP contribution in [-0.2, 0) is 0 Å². The van der Waals surface area contributed by atoms with E-state index in [0.717, 1.165) is 11.8 Å². The summed E-state index contributed by atoms with van der Waals surface area (Å²) in [6.45, 7) is 0. The Hall–Kier alpha value is -0.340. The minimum absolute atomic E-state index is 0.754. The molecule has 0 aliphatic heterocycles. The molecule has 0 atom stereocenters. The van der Waals surface area contributed by atoms with Crippen LogP contribution in [0, 0.1) is 0 Å². The molecule has 2 aliphatic rings. The van der Waals surface area contributed by atoms with Crippen molar-refractivity contribution in [2.75, 3.05) is 0 Å². The molecule has 2 aliphatic carbocycles. The lowest BCUT2D eigenvalue weighted by molar-refractivity contribution is 0.443. The Balaban J connectivity index is 1.74. The van der Waals surface area contributed by atoms with Gasteiger partial charge in [0.15, 0.2) is 0 Å². The van der Waals surface area contributed by atoms with Crippen molar-refractivity contribution in [3.8, 4) is 0 Å². The zero-order valence-corrected chi connectivity index (χ0v) is 17.5. The molecular formula is C22H26Br2. The molecule has 0 saturated heterocycles. The normalized spacial score (nSPS) is 20.6. The maximum Gasteiger partial charge on any atom is 0.0257 e. The molecule has 0 amide bonds. The summed E-state index contributed by atoms with van der Waals surface area (Å²) in [5, 5.41) is 2.76. The minimum Gasteiger partial charge on any atom is -0.0533 e. The van der Waals surface area contributed by atoms with Crippen LogP contribution in [0.1, 0.15) is 87.2 Å². The van der Waals surface area contributed by atoms with Gasteiger partial charge in [0.05, 0.1) is 0 Å². The van der Waals surface area contributed by atoms with Gasteiger partial charge in [-0.25, -0.2) is 0 Å². The molecule has 0 heterocycles.